The SMILES string of the molecule is C/C=C/C=C/C(=O)Nc1cc(NC(C)=O)c(F)cc1F. The topological polar surface area (TPSA) is 58.2 Å². The zero-order chi connectivity index (χ0) is 15.1. The summed E-state index contributed by atoms with van der Waals surface area (Å²) in [4.78, 5) is 22.4. The van der Waals surface area contributed by atoms with Crippen molar-refractivity contribution in [1.82, 2.24) is 0 Å². The van der Waals surface area contributed by atoms with E-state index in [9.17, 15) is 18.4 Å². The summed E-state index contributed by atoms with van der Waals surface area (Å²) in [5.41, 5.74) is -0.420. The monoisotopic (exact) mass is 280 g/mol. The lowest BCUT2D eigenvalue weighted by Gasteiger charge is -2.09. The van der Waals surface area contributed by atoms with E-state index in [-0.39, 0.29) is 11.4 Å². The van der Waals surface area contributed by atoms with Gasteiger partial charge < -0.3 is 10.6 Å². The van der Waals surface area contributed by atoms with Crippen molar-refractivity contribution in [1.29, 1.82) is 0 Å². The first-order chi connectivity index (χ1) is 9.43. The van der Waals surface area contributed by atoms with Crippen molar-refractivity contribution < 1.29 is 18.4 Å². The zero-order valence-corrected chi connectivity index (χ0v) is 11.0. The fourth-order valence-electron chi connectivity index (χ4n) is 1.36. The molecule has 0 heterocycles. The maximum absolute atomic E-state index is 13.5. The second kappa shape index (κ2) is 7.18. The summed E-state index contributed by atoms with van der Waals surface area (Å²) in [5, 5.41) is 4.46. The smallest absolute Gasteiger partial charge is 0.248 e. The Labute approximate surface area is 115 Å². The van der Waals surface area contributed by atoms with Gasteiger partial charge >= 0.3 is 0 Å². The summed E-state index contributed by atoms with van der Waals surface area (Å²) >= 11 is 0. The van der Waals surface area contributed by atoms with E-state index in [1.54, 1.807) is 19.1 Å². The minimum absolute atomic E-state index is 0.202. The van der Waals surface area contributed by atoms with Gasteiger partial charge in [-0.15, -0.1) is 0 Å². The summed E-state index contributed by atoms with van der Waals surface area (Å²) in [6.07, 6.45) is 6.02. The molecule has 106 valence electrons. The average Bonchev–Trinajstić information content (AvgIpc) is 2.35. The molecule has 0 fully saturated rings. The van der Waals surface area contributed by atoms with Crippen LogP contribution in [0.15, 0.2) is 36.4 Å². The third kappa shape index (κ3) is 4.64. The van der Waals surface area contributed by atoms with Crippen LogP contribution in [0.1, 0.15) is 13.8 Å². The normalized spacial score (nSPS) is 11.0. The van der Waals surface area contributed by atoms with E-state index in [0.717, 1.165) is 6.07 Å². The number of halogens is 2. The summed E-state index contributed by atoms with van der Waals surface area (Å²) < 4.78 is 26.9. The highest BCUT2D eigenvalue weighted by Gasteiger charge is 2.12. The third-order valence-electron chi connectivity index (χ3n) is 2.18. The second-order valence-corrected chi connectivity index (χ2v) is 3.87. The summed E-state index contributed by atoms with van der Waals surface area (Å²) in [7, 11) is 0. The number of carbonyl (C=O) groups excluding carboxylic acids is 2. The van der Waals surface area contributed by atoms with Crippen molar-refractivity contribution in [2.45, 2.75) is 13.8 Å². The lowest BCUT2D eigenvalue weighted by atomic mass is 10.2. The van der Waals surface area contributed by atoms with Gasteiger partial charge in [0.25, 0.3) is 0 Å². The highest BCUT2D eigenvalue weighted by Crippen LogP contribution is 2.23. The van der Waals surface area contributed by atoms with Gasteiger partial charge in [-0.25, -0.2) is 8.78 Å². The highest BCUT2D eigenvalue weighted by molar-refractivity contribution is 6.00. The Morgan fingerprint density at radius 2 is 1.65 bits per heavy atom. The van der Waals surface area contributed by atoms with Crippen LogP contribution in [0.25, 0.3) is 0 Å². The maximum atomic E-state index is 13.5. The molecule has 0 aliphatic rings. The second-order valence-electron chi connectivity index (χ2n) is 3.87. The number of hydrogen-bond donors (Lipinski definition) is 2. The molecule has 4 nitrogen and oxygen atoms in total. The number of nitrogens with one attached hydrogen (secondary N) is 2. The minimum atomic E-state index is -0.926. The lowest BCUT2D eigenvalue weighted by Crippen LogP contribution is -2.12. The first-order valence-corrected chi connectivity index (χ1v) is 5.81. The van der Waals surface area contributed by atoms with Crippen molar-refractivity contribution in [3.8, 4) is 0 Å². The van der Waals surface area contributed by atoms with E-state index in [1.807, 2.05) is 0 Å². The van der Waals surface area contributed by atoms with Gasteiger partial charge in [0.15, 0.2) is 0 Å². The first-order valence-electron chi connectivity index (χ1n) is 5.81. The van der Waals surface area contributed by atoms with Gasteiger partial charge in [-0.3, -0.25) is 9.59 Å². The summed E-state index contributed by atoms with van der Waals surface area (Å²) in [6, 6.07) is 1.62. The molecule has 1 aromatic carbocycles. The Hall–Kier alpha value is -2.50. The molecule has 6 heteroatoms. The van der Waals surface area contributed by atoms with Gasteiger partial charge in [-0.1, -0.05) is 18.2 Å². The van der Waals surface area contributed by atoms with Gasteiger partial charge in [0.2, 0.25) is 11.8 Å². The van der Waals surface area contributed by atoms with Crippen LogP contribution < -0.4 is 10.6 Å². The molecule has 0 saturated heterocycles. The molecule has 1 aromatic rings. The van der Waals surface area contributed by atoms with Gasteiger partial charge in [0, 0.05) is 19.1 Å². The molecule has 0 atom stereocenters. The number of allylic oxidation sites excluding steroid dienone is 3. The van der Waals surface area contributed by atoms with Crippen molar-refractivity contribution in [3.05, 3.63) is 48.1 Å². The molecule has 0 aliphatic heterocycles. The van der Waals surface area contributed by atoms with Crippen molar-refractivity contribution >= 4 is 23.2 Å². The summed E-state index contributed by atoms with van der Waals surface area (Å²) in [6.45, 7) is 2.97. The van der Waals surface area contributed by atoms with E-state index in [0.29, 0.717) is 6.07 Å². The fourth-order valence-corrected chi connectivity index (χ4v) is 1.36. The van der Waals surface area contributed by atoms with Gasteiger partial charge in [0.1, 0.15) is 11.6 Å². The molecule has 0 unspecified atom stereocenters. The Kier molecular flexibility index (Phi) is 5.58. The van der Waals surface area contributed by atoms with Gasteiger partial charge in [-0.2, -0.15) is 0 Å². The Morgan fingerprint density at radius 1 is 1.05 bits per heavy atom. The number of hydrogen-bond acceptors (Lipinski definition) is 2. The Bertz CT molecular complexity index is 581. The molecule has 0 aromatic heterocycles. The van der Waals surface area contributed by atoms with Crippen LogP contribution in [0.5, 0.6) is 0 Å². The molecule has 0 bridgehead atoms. The van der Waals surface area contributed by atoms with Crippen LogP contribution in [-0.4, -0.2) is 11.8 Å². The largest absolute Gasteiger partial charge is 0.324 e. The van der Waals surface area contributed by atoms with Gasteiger partial charge in [-0.05, 0) is 13.0 Å². The van der Waals surface area contributed by atoms with E-state index < -0.39 is 23.4 Å². The molecule has 0 saturated carbocycles. The number of anilines is 2. The maximum Gasteiger partial charge on any atom is 0.248 e. The highest BCUT2D eigenvalue weighted by atomic mass is 19.1. The molecule has 2 amide bonds. The molecular weight excluding hydrogens is 266 g/mol. The minimum Gasteiger partial charge on any atom is -0.324 e. The van der Waals surface area contributed by atoms with E-state index in [2.05, 4.69) is 10.6 Å². The quantitative estimate of drug-likeness (QED) is 0.658. The van der Waals surface area contributed by atoms with Crippen molar-refractivity contribution in [3.63, 3.8) is 0 Å². The predicted molar refractivity (Wildman–Crippen MR) is 73.2 cm³/mol. The first kappa shape index (κ1) is 15.6. The fraction of sp³-hybridized carbons (Fsp3) is 0.143. The third-order valence-corrected chi connectivity index (χ3v) is 2.18. The van der Waals surface area contributed by atoms with E-state index >= 15 is 0 Å². The van der Waals surface area contributed by atoms with Gasteiger partial charge in [0.05, 0.1) is 11.4 Å². The van der Waals surface area contributed by atoms with E-state index in [4.69, 9.17) is 0 Å². The van der Waals surface area contributed by atoms with Crippen LogP contribution >= 0.6 is 0 Å². The molecule has 0 spiro atoms. The Balaban J connectivity index is 2.94. The van der Waals surface area contributed by atoms with Crippen molar-refractivity contribution in [2.75, 3.05) is 10.6 Å². The lowest BCUT2D eigenvalue weighted by molar-refractivity contribution is -0.114. The number of carbonyl (C=O) groups is 2. The number of amides is 2. The molecule has 0 radical (unpaired) electrons. The zero-order valence-electron chi connectivity index (χ0n) is 11.0. The van der Waals surface area contributed by atoms with Crippen LogP contribution in [0.4, 0.5) is 20.2 Å². The molecule has 1 rings (SSSR count). The predicted octanol–water partition coefficient (Wildman–Crippen LogP) is 2.99. The molecule has 20 heavy (non-hydrogen) atoms. The number of rotatable bonds is 4. The van der Waals surface area contributed by atoms with Crippen molar-refractivity contribution in [2.24, 2.45) is 0 Å². The van der Waals surface area contributed by atoms with E-state index in [1.165, 1.54) is 19.1 Å². The Morgan fingerprint density at radius 3 is 2.20 bits per heavy atom. The molecule has 0 aliphatic carbocycles. The summed E-state index contributed by atoms with van der Waals surface area (Å²) in [5.74, 6) is -2.91. The molecule has 2 N–H and O–H groups in total. The van der Waals surface area contributed by atoms with Crippen LogP contribution in [0.3, 0.4) is 0 Å². The van der Waals surface area contributed by atoms with Crippen LogP contribution in [0, 0.1) is 11.6 Å². The average molecular weight is 280 g/mol. The number of benzene rings is 1. The standard InChI is InChI=1S/C14H14F2N2O2/c1-3-4-5-6-14(20)18-13-8-12(17-9(2)19)10(15)7-11(13)16/h3-8H,1-2H3,(H,17,19)(H,18,20)/b4-3+,6-5+. The molecular formula is C14H14F2N2O2. The van der Waals surface area contributed by atoms with Crippen LogP contribution in [0.2, 0.25) is 0 Å². The van der Waals surface area contributed by atoms with Crippen LogP contribution in [-0.2, 0) is 9.59 Å².